The summed E-state index contributed by atoms with van der Waals surface area (Å²) in [5, 5.41) is 8.78. The van der Waals surface area contributed by atoms with E-state index in [-0.39, 0.29) is 29.6 Å². The maximum absolute atomic E-state index is 11.5. The summed E-state index contributed by atoms with van der Waals surface area (Å²) in [5.74, 6) is 0.407. The first kappa shape index (κ1) is 11.2. The first-order chi connectivity index (χ1) is 7.79. The quantitative estimate of drug-likeness (QED) is 0.821. The molecule has 2 heterocycles. The van der Waals surface area contributed by atoms with Crippen molar-refractivity contribution in [1.29, 1.82) is 0 Å². The van der Waals surface area contributed by atoms with Crippen molar-refractivity contribution in [2.24, 2.45) is 0 Å². The average Bonchev–Trinajstić information content (AvgIpc) is 2.33. The van der Waals surface area contributed by atoms with Crippen LogP contribution >= 0.6 is 0 Å². The Bertz CT molecular complexity index is 392. The van der Waals surface area contributed by atoms with E-state index in [2.05, 4.69) is 0 Å². The molecule has 2 rings (SSSR count). The van der Waals surface area contributed by atoms with Crippen molar-refractivity contribution in [3.63, 3.8) is 0 Å². The van der Waals surface area contributed by atoms with E-state index < -0.39 is 0 Å². The average molecular weight is 226 g/mol. The first-order valence-corrected chi connectivity index (χ1v) is 5.26. The molecule has 5 heteroatoms. The molecule has 16 heavy (non-hydrogen) atoms. The van der Waals surface area contributed by atoms with E-state index in [1.165, 1.54) is 12.3 Å². The highest BCUT2D eigenvalue weighted by molar-refractivity contribution is 5.17. The van der Waals surface area contributed by atoms with Crippen LogP contribution in [0.25, 0.3) is 0 Å². The van der Waals surface area contributed by atoms with Crippen molar-refractivity contribution in [1.82, 2.24) is 0 Å². The third kappa shape index (κ3) is 2.62. The molecule has 0 amide bonds. The Balaban J connectivity index is 2.06. The van der Waals surface area contributed by atoms with E-state index in [0.29, 0.717) is 6.61 Å². The molecular formula is C11H14O5. The maximum Gasteiger partial charge on any atom is 0.227 e. The zero-order valence-electron chi connectivity index (χ0n) is 8.85. The molecule has 0 aliphatic carbocycles. The Morgan fingerprint density at radius 3 is 3.06 bits per heavy atom. The molecule has 1 fully saturated rings. The topological polar surface area (TPSA) is 68.9 Å². The number of ether oxygens (including phenoxy) is 2. The predicted octanol–water partition coefficient (Wildman–Crippen LogP) is 0.690. The van der Waals surface area contributed by atoms with Crippen molar-refractivity contribution >= 4 is 0 Å². The number of aliphatic hydroxyl groups excluding tert-OH is 1. The zero-order chi connectivity index (χ0) is 11.4. The molecule has 0 bridgehead atoms. The zero-order valence-corrected chi connectivity index (χ0v) is 8.85. The lowest BCUT2D eigenvalue weighted by Gasteiger charge is -2.22. The van der Waals surface area contributed by atoms with Gasteiger partial charge in [0.2, 0.25) is 11.2 Å². The molecule has 1 aromatic heterocycles. The van der Waals surface area contributed by atoms with Gasteiger partial charge in [-0.25, -0.2) is 0 Å². The summed E-state index contributed by atoms with van der Waals surface area (Å²) >= 11 is 0. The number of hydrogen-bond donors (Lipinski definition) is 1. The van der Waals surface area contributed by atoms with Crippen LogP contribution in [0.2, 0.25) is 0 Å². The van der Waals surface area contributed by atoms with Crippen LogP contribution in [0.3, 0.4) is 0 Å². The fourth-order valence-electron chi connectivity index (χ4n) is 1.59. The van der Waals surface area contributed by atoms with Crippen LogP contribution in [0.5, 0.6) is 5.75 Å². The van der Waals surface area contributed by atoms with E-state index in [4.69, 9.17) is 19.0 Å². The van der Waals surface area contributed by atoms with E-state index in [9.17, 15) is 4.79 Å². The van der Waals surface area contributed by atoms with Gasteiger partial charge < -0.3 is 19.0 Å². The number of rotatable bonds is 3. The van der Waals surface area contributed by atoms with Crippen molar-refractivity contribution in [2.75, 3.05) is 13.2 Å². The van der Waals surface area contributed by atoms with Gasteiger partial charge in [0.15, 0.2) is 0 Å². The number of aliphatic hydroxyl groups is 1. The fraction of sp³-hybridized carbons (Fsp3) is 0.545. The summed E-state index contributed by atoms with van der Waals surface area (Å²) in [6.07, 6.45) is 2.96. The van der Waals surface area contributed by atoms with Crippen LogP contribution in [0.15, 0.2) is 21.5 Å². The minimum atomic E-state index is -0.290. The first-order valence-electron chi connectivity index (χ1n) is 5.26. The predicted molar refractivity (Wildman–Crippen MR) is 55.4 cm³/mol. The molecule has 1 atom stereocenters. The van der Waals surface area contributed by atoms with Crippen LogP contribution < -0.4 is 10.2 Å². The Hall–Kier alpha value is -1.33. The lowest BCUT2D eigenvalue weighted by molar-refractivity contribution is 0.00602. The van der Waals surface area contributed by atoms with Crippen molar-refractivity contribution < 1.29 is 19.0 Å². The largest absolute Gasteiger partial charge is 0.481 e. The Morgan fingerprint density at radius 1 is 1.56 bits per heavy atom. The van der Waals surface area contributed by atoms with E-state index in [0.717, 1.165) is 19.4 Å². The molecule has 0 spiro atoms. The smallest absolute Gasteiger partial charge is 0.227 e. The summed E-state index contributed by atoms with van der Waals surface area (Å²) in [5.41, 5.74) is -0.277. The third-order valence-electron chi connectivity index (χ3n) is 2.42. The summed E-state index contributed by atoms with van der Waals surface area (Å²) in [7, 11) is 0. The second-order valence-corrected chi connectivity index (χ2v) is 3.69. The summed E-state index contributed by atoms with van der Waals surface area (Å²) < 4.78 is 15.7. The third-order valence-corrected chi connectivity index (χ3v) is 2.42. The van der Waals surface area contributed by atoms with Gasteiger partial charge in [-0.3, -0.25) is 4.79 Å². The van der Waals surface area contributed by atoms with E-state index >= 15 is 0 Å². The van der Waals surface area contributed by atoms with E-state index in [1.54, 1.807) is 0 Å². The second kappa shape index (κ2) is 5.14. The molecule has 1 aliphatic rings. The Kier molecular flexibility index (Phi) is 3.58. The van der Waals surface area contributed by atoms with Crippen molar-refractivity contribution in [3.05, 3.63) is 28.3 Å². The SMILES string of the molecule is O=c1cc(CO)occ1OC1CCCOC1. The van der Waals surface area contributed by atoms with Gasteiger partial charge in [0, 0.05) is 12.7 Å². The Labute approximate surface area is 92.6 Å². The minimum absolute atomic E-state index is 0.0865. The van der Waals surface area contributed by atoms with Gasteiger partial charge >= 0.3 is 0 Å². The second-order valence-electron chi connectivity index (χ2n) is 3.69. The molecule has 1 unspecified atom stereocenters. The van der Waals surface area contributed by atoms with Crippen molar-refractivity contribution in [3.8, 4) is 5.75 Å². The minimum Gasteiger partial charge on any atom is -0.481 e. The lowest BCUT2D eigenvalue weighted by atomic mass is 10.2. The summed E-state index contributed by atoms with van der Waals surface area (Å²) in [6.45, 7) is 0.959. The van der Waals surface area contributed by atoms with Gasteiger partial charge in [0.1, 0.15) is 24.7 Å². The molecule has 5 nitrogen and oxygen atoms in total. The molecule has 0 aromatic carbocycles. The van der Waals surface area contributed by atoms with Crippen LogP contribution in [-0.4, -0.2) is 24.4 Å². The van der Waals surface area contributed by atoms with Crippen LogP contribution in [0.1, 0.15) is 18.6 Å². The van der Waals surface area contributed by atoms with Gasteiger partial charge in [-0.2, -0.15) is 0 Å². The molecule has 1 N–H and O–H groups in total. The Morgan fingerprint density at radius 2 is 2.44 bits per heavy atom. The standard InChI is InChI=1S/C11H14O5/c12-5-9-4-10(13)11(7-15-9)16-8-2-1-3-14-6-8/h4,7-8,12H,1-3,5-6H2. The van der Waals surface area contributed by atoms with Gasteiger partial charge in [0.25, 0.3) is 0 Å². The van der Waals surface area contributed by atoms with Crippen LogP contribution in [0, 0.1) is 0 Å². The maximum atomic E-state index is 11.5. The molecule has 1 aromatic rings. The van der Waals surface area contributed by atoms with Crippen LogP contribution in [0.4, 0.5) is 0 Å². The van der Waals surface area contributed by atoms with E-state index in [1.807, 2.05) is 0 Å². The fourth-order valence-corrected chi connectivity index (χ4v) is 1.59. The summed E-state index contributed by atoms with van der Waals surface area (Å²) in [6, 6.07) is 1.24. The van der Waals surface area contributed by atoms with Gasteiger partial charge in [-0.1, -0.05) is 0 Å². The highest BCUT2D eigenvalue weighted by atomic mass is 16.5. The molecule has 1 saturated heterocycles. The summed E-state index contributed by atoms with van der Waals surface area (Å²) in [4.78, 5) is 11.5. The molecule has 0 radical (unpaired) electrons. The van der Waals surface area contributed by atoms with Gasteiger partial charge in [-0.05, 0) is 12.8 Å². The molecule has 88 valence electrons. The highest BCUT2D eigenvalue weighted by Gasteiger charge is 2.17. The van der Waals surface area contributed by atoms with Gasteiger partial charge in [-0.15, -0.1) is 0 Å². The normalized spacial score (nSPS) is 20.7. The molecule has 0 saturated carbocycles. The number of hydrogen-bond acceptors (Lipinski definition) is 5. The van der Waals surface area contributed by atoms with Gasteiger partial charge in [0.05, 0.1) is 6.61 Å². The molecular weight excluding hydrogens is 212 g/mol. The highest BCUT2D eigenvalue weighted by Crippen LogP contribution is 2.14. The molecule has 1 aliphatic heterocycles. The van der Waals surface area contributed by atoms with Crippen LogP contribution in [-0.2, 0) is 11.3 Å². The monoisotopic (exact) mass is 226 g/mol. The lowest BCUT2D eigenvalue weighted by Crippen LogP contribution is -2.29. The van der Waals surface area contributed by atoms with Crippen molar-refractivity contribution in [2.45, 2.75) is 25.6 Å².